The zero-order valence-electron chi connectivity index (χ0n) is 23.1. The minimum Gasteiger partial charge on any atom is -0.352 e. The molecule has 1 saturated heterocycles. The number of hydrogen-bond acceptors (Lipinski definition) is 4. The number of amides is 4. The first-order chi connectivity index (χ1) is 18.8. The van der Waals surface area contributed by atoms with Gasteiger partial charge >= 0.3 is 0 Å². The van der Waals surface area contributed by atoms with E-state index in [1.54, 1.807) is 4.90 Å². The van der Waals surface area contributed by atoms with E-state index in [1.807, 2.05) is 87.5 Å². The number of allylic oxidation sites excluding steroid dienone is 2. The van der Waals surface area contributed by atoms with Crippen molar-refractivity contribution in [3.05, 3.63) is 83.4 Å². The van der Waals surface area contributed by atoms with Gasteiger partial charge in [0.25, 0.3) is 0 Å². The predicted octanol–water partition coefficient (Wildman–Crippen LogP) is 4.19. The molecule has 7 heteroatoms. The fraction of sp³-hybridized carbons (Fsp3) is 0.438. The Morgan fingerprint density at radius 2 is 1.62 bits per heavy atom. The van der Waals surface area contributed by atoms with Crippen molar-refractivity contribution in [1.82, 2.24) is 15.1 Å². The molecule has 2 aromatic carbocycles. The second-order valence-corrected chi connectivity index (χ2v) is 10.8. The number of fused-ring (bicyclic) bond motifs is 1. The lowest BCUT2D eigenvalue weighted by atomic mass is 9.85. The number of nitrogens with zero attached hydrogens (tertiary/aromatic N) is 2. The largest absolute Gasteiger partial charge is 0.352 e. The molecule has 7 nitrogen and oxygen atoms in total. The SMILES string of the molecule is CC[C@@H](C)NC(=O)[C@@H](Cc1ccccc1)N(Cc1cccc(C)c1)C(=O)CCN1C(=O)[C@H]2CC=CC[C@H]2C1=O. The summed E-state index contributed by atoms with van der Waals surface area (Å²) >= 11 is 0. The summed E-state index contributed by atoms with van der Waals surface area (Å²) in [6.07, 6.45) is 6.13. The molecule has 1 N–H and O–H groups in total. The number of aryl methyl sites for hydroxylation is 1. The van der Waals surface area contributed by atoms with Crippen LogP contribution < -0.4 is 5.32 Å². The third kappa shape index (κ3) is 6.83. The molecule has 0 spiro atoms. The highest BCUT2D eigenvalue weighted by molar-refractivity contribution is 6.05. The minimum absolute atomic E-state index is 0.0266. The fourth-order valence-electron chi connectivity index (χ4n) is 5.44. The normalized spacial score (nSPS) is 19.9. The van der Waals surface area contributed by atoms with Gasteiger partial charge in [0.15, 0.2) is 0 Å². The highest BCUT2D eigenvalue weighted by Crippen LogP contribution is 2.35. The summed E-state index contributed by atoms with van der Waals surface area (Å²) in [5.74, 6) is -1.50. The Hall–Kier alpha value is -3.74. The maximum Gasteiger partial charge on any atom is 0.243 e. The first-order valence-electron chi connectivity index (χ1n) is 14.0. The van der Waals surface area contributed by atoms with Crippen LogP contribution in [-0.4, -0.2) is 52.1 Å². The van der Waals surface area contributed by atoms with Crippen molar-refractivity contribution in [2.24, 2.45) is 11.8 Å². The highest BCUT2D eigenvalue weighted by Gasteiger charge is 2.47. The van der Waals surface area contributed by atoms with Crippen LogP contribution in [0.3, 0.4) is 0 Å². The van der Waals surface area contributed by atoms with E-state index in [0.29, 0.717) is 19.3 Å². The van der Waals surface area contributed by atoms with Crippen molar-refractivity contribution in [1.29, 1.82) is 0 Å². The van der Waals surface area contributed by atoms with E-state index in [1.165, 1.54) is 4.90 Å². The smallest absolute Gasteiger partial charge is 0.243 e. The number of carbonyl (C=O) groups excluding carboxylic acids is 4. The summed E-state index contributed by atoms with van der Waals surface area (Å²) in [7, 11) is 0. The lowest BCUT2D eigenvalue weighted by molar-refractivity contribution is -0.144. The number of carbonyl (C=O) groups is 4. The molecule has 4 rings (SSSR count). The molecule has 2 aliphatic rings. The van der Waals surface area contributed by atoms with Crippen LogP contribution in [-0.2, 0) is 32.1 Å². The number of nitrogens with one attached hydrogen (secondary N) is 1. The van der Waals surface area contributed by atoms with Crippen LogP contribution in [0.25, 0.3) is 0 Å². The molecule has 1 aliphatic carbocycles. The van der Waals surface area contributed by atoms with Gasteiger partial charge in [0.05, 0.1) is 11.8 Å². The molecule has 0 unspecified atom stereocenters. The van der Waals surface area contributed by atoms with E-state index in [-0.39, 0.29) is 61.0 Å². The lowest BCUT2D eigenvalue weighted by Crippen LogP contribution is -2.52. The zero-order valence-corrected chi connectivity index (χ0v) is 23.1. The van der Waals surface area contributed by atoms with Crippen molar-refractivity contribution < 1.29 is 19.2 Å². The van der Waals surface area contributed by atoms with Gasteiger partial charge in [-0.2, -0.15) is 0 Å². The van der Waals surface area contributed by atoms with E-state index in [2.05, 4.69) is 5.32 Å². The summed E-state index contributed by atoms with van der Waals surface area (Å²) < 4.78 is 0. The standard InChI is InChI=1S/C32H39N3O4/c1-4-23(3)33-30(37)28(20-24-12-6-5-7-13-24)35(21-25-14-10-11-22(2)19-25)29(36)17-18-34-31(38)26-15-8-9-16-27(26)32(34)39/h5-14,19,23,26-28H,4,15-18,20-21H2,1-3H3,(H,33,37)/t23-,26-,27+,28-/m1/s1. The van der Waals surface area contributed by atoms with Gasteiger partial charge in [0.2, 0.25) is 23.6 Å². The molecule has 39 heavy (non-hydrogen) atoms. The van der Waals surface area contributed by atoms with Crippen molar-refractivity contribution in [2.45, 2.75) is 71.5 Å². The summed E-state index contributed by atoms with van der Waals surface area (Å²) in [4.78, 5) is 56.4. The van der Waals surface area contributed by atoms with E-state index >= 15 is 0 Å². The molecule has 4 amide bonds. The van der Waals surface area contributed by atoms with Crippen molar-refractivity contribution in [3.63, 3.8) is 0 Å². The monoisotopic (exact) mass is 529 g/mol. The van der Waals surface area contributed by atoms with Gasteiger partial charge in [-0.25, -0.2) is 0 Å². The van der Waals surface area contributed by atoms with Gasteiger partial charge < -0.3 is 10.2 Å². The molecule has 0 bridgehead atoms. The molecule has 1 aliphatic heterocycles. The maximum atomic E-state index is 13.9. The minimum atomic E-state index is -0.744. The summed E-state index contributed by atoms with van der Waals surface area (Å²) in [6, 6.07) is 16.8. The molecule has 0 radical (unpaired) electrons. The Bertz CT molecular complexity index is 1200. The van der Waals surface area contributed by atoms with Crippen LogP contribution in [0.15, 0.2) is 66.7 Å². The highest BCUT2D eigenvalue weighted by atomic mass is 16.2. The summed E-state index contributed by atoms with van der Waals surface area (Å²) in [5.41, 5.74) is 2.93. The number of benzene rings is 2. The first kappa shape index (κ1) is 28.3. The third-order valence-corrected chi connectivity index (χ3v) is 7.86. The Labute approximate surface area is 231 Å². The Kier molecular flexibility index (Phi) is 9.33. The molecule has 1 heterocycles. The Morgan fingerprint density at radius 3 is 2.23 bits per heavy atom. The van der Waals surface area contributed by atoms with Crippen LogP contribution >= 0.6 is 0 Å². The van der Waals surface area contributed by atoms with Gasteiger partial charge in [-0.3, -0.25) is 24.1 Å². The van der Waals surface area contributed by atoms with Crippen LogP contribution in [0.1, 0.15) is 56.2 Å². The average Bonchev–Trinajstić information content (AvgIpc) is 3.18. The van der Waals surface area contributed by atoms with E-state index in [9.17, 15) is 19.2 Å². The van der Waals surface area contributed by atoms with E-state index in [4.69, 9.17) is 0 Å². The number of rotatable bonds is 11. The molecule has 0 aromatic heterocycles. The van der Waals surface area contributed by atoms with E-state index in [0.717, 1.165) is 23.1 Å². The number of imide groups is 1. The maximum absolute atomic E-state index is 13.9. The average molecular weight is 530 g/mol. The Balaban J connectivity index is 1.59. The molecular formula is C32H39N3O4. The third-order valence-electron chi connectivity index (χ3n) is 7.86. The van der Waals surface area contributed by atoms with Crippen molar-refractivity contribution in [2.75, 3.05) is 6.54 Å². The fourth-order valence-corrected chi connectivity index (χ4v) is 5.44. The van der Waals surface area contributed by atoms with E-state index < -0.39 is 6.04 Å². The molecular weight excluding hydrogens is 490 g/mol. The van der Waals surface area contributed by atoms with Gasteiger partial charge in [-0.05, 0) is 44.2 Å². The van der Waals surface area contributed by atoms with Crippen LogP contribution in [0.4, 0.5) is 0 Å². The van der Waals surface area contributed by atoms with Gasteiger partial charge in [-0.1, -0.05) is 79.2 Å². The first-order valence-corrected chi connectivity index (χ1v) is 14.0. The molecule has 206 valence electrons. The van der Waals surface area contributed by atoms with Crippen LogP contribution in [0.2, 0.25) is 0 Å². The molecule has 2 aromatic rings. The van der Waals surface area contributed by atoms with Crippen molar-refractivity contribution >= 4 is 23.6 Å². The molecule has 4 atom stereocenters. The van der Waals surface area contributed by atoms with Gasteiger partial charge in [0.1, 0.15) is 6.04 Å². The van der Waals surface area contributed by atoms with Gasteiger partial charge in [0, 0.05) is 32.0 Å². The van der Waals surface area contributed by atoms with Gasteiger partial charge in [-0.15, -0.1) is 0 Å². The number of hydrogen-bond donors (Lipinski definition) is 1. The van der Waals surface area contributed by atoms with Crippen LogP contribution in [0.5, 0.6) is 0 Å². The predicted molar refractivity (Wildman–Crippen MR) is 150 cm³/mol. The van der Waals surface area contributed by atoms with Crippen LogP contribution in [0, 0.1) is 18.8 Å². The number of likely N-dealkylation sites (tertiary alicyclic amines) is 1. The molecule has 0 saturated carbocycles. The van der Waals surface area contributed by atoms with Crippen molar-refractivity contribution in [3.8, 4) is 0 Å². The Morgan fingerprint density at radius 1 is 0.974 bits per heavy atom. The quantitative estimate of drug-likeness (QED) is 0.349. The zero-order chi connectivity index (χ0) is 27.9. The molecule has 1 fully saturated rings. The summed E-state index contributed by atoms with van der Waals surface area (Å²) in [6.45, 7) is 6.22. The topological polar surface area (TPSA) is 86.8 Å². The second kappa shape index (κ2) is 12.9. The lowest BCUT2D eigenvalue weighted by Gasteiger charge is -2.33. The second-order valence-electron chi connectivity index (χ2n) is 10.8. The summed E-state index contributed by atoms with van der Waals surface area (Å²) in [5, 5.41) is 3.07.